The fourth-order valence-electron chi connectivity index (χ4n) is 2.82. The maximum atomic E-state index is 13.1. The summed E-state index contributed by atoms with van der Waals surface area (Å²) in [6, 6.07) is 4.61. The Morgan fingerprint density at radius 2 is 2.33 bits per heavy atom. The number of aromatic amines is 1. The van der Waals surface area contributed by atoms with Crippen LogP contribution in [0.3, 0.4) is 0 Å². The molecule has 1 aromatic carbocycles. The number of H-pyrrole nitrogens is 1. The number of nitrogens with zero attached hydrogens (tertiary/aromatic N) is 1. The van der Waals surface area contributed by atoms with Crippen molar-refractivity contribution in [2.45, 2.75) is 26.2 Å². The van der Waals surface area contributed by atoms with Crippen molar-refractivity contribution in [2.75, 3.05) is 11.9 Å². The summed E-state index contributed by atoms with van der Waals surface area (Å²) in [6.45, 7) is 3.26. The number of rotatable bonds is 3. The number of hydrogen-bond acceptors (Lipinski definition) is 2. The standard InChI is InChI=1S/C14H18FN3/c1-9-3-2-4-10(9)8-16-14-17-12-6-5-11(15)7-13(12)18-14/h5-7,9-10H,2-4,8H2,1H3,(H2,16,17,18). The van der Waals surface area contributed by atoms with Crippen LogP contribution in [0.5, 0.6) is 0 Å². The van der Waals surface area contributed by atoms with Crippen molar-refractivity contribution in [3.8, 4) is 0 Å². The summed E-state index contributed by atoms with van der Waals surface area (Å²) in [7, 11) is 0. The van der Waals surface area contributed by atoms with Gasteiger partial charge in [0.2, 0.25) is 5.95 Å². The highest BCUT2D eigenvalue weighted by Gasteiger charge is 2.23. The third-order valence-corrected chi connectivity index (χ3v) is 4.01. The Hall–Kier alpha value is -1.58. The molecule has 0 aliphatic heterocycles. The molecule has 0 saturated heterocycles. The van der Waals surface area contributed by atoms with Gasteiger partial charge in [-0.05, 0) is 36.5 Å². The van der Waals surface area contributed by atoms with Gasteiger partial charge in [0.25, 0.3) is 0 Å². The van der Waals surface area contributed by atoms with Gasteiger partial charge in [-0.1, -0.05) is 19.8 Å². The Labute approximate surface area is 106 Å². The first-order valence-electron chi connectivity index (χ1n) is 6.61. The van der Waals surface area contributed by atoms with Crippen LogP contribution in [-0.2, 0) is 0 Å². The summed E-state index contributed by atoms with van der Waals surface area (Å²) in [5, 5.41) is 3.34. The number of nitrogens with one attached hydrogen (secondary N) is 2. The fraction of sp³-hybridized carbons (Fsp3) is 0.500. The molecule has 4 heteroatoms. The van der Waals surface area contributed by atoms with E-state index in [1.807, 2.05) is 0 Å². The van der Waals surface area contributed by atoms with Crippen molar-refractivity contribution in [3.63, 3.8) is 0 Å². The molecule has 18 heavy (non-hydrogen) atoms. The molecule has 0 bridgehead atoms. The summed E-state index contributed by atoms with van der Waals surface area (Å²) in [5.74, 6) is 2.03. The summed E-state index contributed by atoms with van der Waals surface area (Å²) in [5.41, 5.74) is 1.55. The molecule has 1 aliphatic rings. The molecule has 3 nitrogen and oxygen atoms in total. The lowest BCUT2D eigenvalue weighted by Crippen LogP contribution is -2.16. The molecule has 0 spiro atoms. The first-order valence-corrected chi connectivity index (χ1v) is 6.61. The van der Waals surface area contributed by atoms with Gasteiger partial charge < -0.3 is 10.3 Å². The predicted molar refractivity (Wildman–Crippen MR) is 71.0 cm³/mol. The molecule has 2 unspecified atom stereocenters. The highest BCUT2D eigenvalue weighted by Crippen LogP contribution is 2.31. The third kappa shape index (κ3) is 2.19. The van der Waals surface area contributed by atoms with Gasteiger partial charge in [0.05, 0.1) is 11.0 Å². The molecule has 1 fully saturated rings. The molecule has 1 saturated carbocycles. The van der Waals surface area contributed by atoms with Crippen LogP contribution in [0.4, 0.5) is 10.3 Å². The van der Waals surface area contributed by atoms with Crippen molar-refractivity contribution in [2.24, 2.45) is 11.8 Å². The van der Waals surface area contributed by atoms with Crippen LogP contribution in [0, 0.1) is 17.7 Å². The Balaban J connectivity index is 1.71. The maximum absolute atomic E-state index is 13.1. The van der Waals surface area contributed by atoms with Gasteiger partial charge in [0.1, 0.15) is 5.82 Å². The van der Waals surface area contributed by atoms with Gasteiger partial charge in [-0.15, -0.1) is 0 Å². The Morgan fingerprint density at radius 3 is 3.11 bits per heavy atom. The van der Waals surface area contributed by atoms with Crippen LogP contribution in [0.2, 0.25) is 0 Å². The monoisotopic (exact) mass is 247 g/mol. The van der Waals surface area contributed by atoms with Crippen molar-refractivity contribution >= 4 is 17.0 Å². The van der Waals surface area contributed by atoms with Crippen LogP contribution < -0.4 is 5.32 Å². The van der Waals surface area contributed by atoms with Crippen LogP contribution >= 0.6 is 0 Å². The van der Waals surface area contributed by atoms with E-state index in [9.17, 15) is 4.39 Å². The molecule has 2 N–H and O–H groups in total. The van der Waals surface area contributed by atoms with Crippen molar-refractivity contribution in [3.05, 3.63) is 24.0 Å². The Morgan fingerprint density at radius 1 is 1.44 bits per heavy atom. The first-order chi connectivity index (χ1) is 8.72. The van der Waals surface area contributed by atoms with Crippen molar-refractivity contribution in [1.29, 1.82) is 0 Å². The molecule has 2 aromatic rings. The van der Waals surface area contributed by atoms with E-state index in [4.69, 9.17) is 0 Å². The van der Waals surface area contributed by atoms with E-state index in [-0.39, 0.29) is 5.82 Å². The second-order valence-electron chi connectivity index (χ2n) is 5.30. The van der Waals surface area contributed by atoms with E-state index >= 15 is 0 Å². The highest BCUT2D eigenvalue weighted by molar-refractivity contribution is 5.77. The zero-order chi connectivity index (χ0) is 12.5. The van der Waals surface area contributed by atoms with Crippen LogP contribution in [0.1, 0.15) is 26.2 Å². The van der Waals surface area contributed by atoms with E-state index in [0.29, 0.717) is 0 Å². The molecule has 1 aliphatic carbocycles. The lowest BCUT2D eigenvalue weighted by Gasteiger charge is -2.15. The minimum Gasteiger partial charge on any atom is -0.356 e. The van der Waals surface area contributed by atoms with Gasteiger partial charge in [0.15, 0.2) is 0 Å². The first kappa shape index (κ1) is 11.5. The summed E-state index contributed by atoms with van der Waals surface area (Å²) >= 11 is 0. The molecule has 3 rings (SSSR count). The van der Waals surface area contributed by atoms with Gasteiger partial charge in [-0.2, -0.15) is 0 Å². The lowest BCUT2D eigenvalue weighted by molar-refractivity contribution is 0.439. The average molecular weight is 247 g/mol. The SMILES string of the molecule is CC1CCCC1CNc1nc2ccc(F)cc2[nH]1. The summed E-state index contributed by atoms with van der Waals surface area (Å²) < 4.78 is 13.1. The quantitative estimate of drug-likeness (QED) is 0.870. The number of fused-ring (bicyclic) bond motifs is 1. The normalized spacial score (nSPS) is 23.7. The second-order valence-corrected chi connectivity index (χ2v) is 5.30. The zero-order valence-corrected chi connectivity index (χ0v) is 10.5. The Kier molecular flexibility index (Phi) is 2.94. The van der Waals surface area contributed by atoms with Crippen molar-refractivity contribution < 1.29 is 4.39 Å². The number of aromatic nitrogens is 2. The molecule has 96 valence electrons. The number of anilines is 1. The lowest BCUT2D eigenvalue weighted by atomic mass is 9.98. The van der Waals surface area contributed by atoms with Gasteiger partial charge in [-0.3, -0.25) is 0 Å². The number of benzene rings is 1. The van der Waals surface area contributed by atoms with Crippen molar-refractivity contribution in [1.82, 2.24) is 9.97 Å². The predicted octanol–water partition coefficient (Wildman–Crippen LogP) is 3.55. The van der Waals surface area contributed by atoms with E-state index in [0.717, 1.165) is 35.4 Å². The highest BCUT2D eigenvalue weighted by atomic mass is 19.1. The fourth-order valence-corrected chi connectivity index (χ4v) is 2.82. The van der Waals surface area contributed by atoms with Crippen LogP contribution in [0.25, 0.3) is 11.0 Å². The van der Waals surface area contributed by atoms with Gasteiger partial charge in [0, 0.05) is 6.54 Å². The largest absolute Gasteiger partial charge is 0.356 e. The summed E-state index contributed by atoms with van der Waals surface area (Å²) in [6.07, 6.45) is 3.96. The molecule has 1 aromatic heterocycles. The minimum absolute atomic E-state index is 0.234. The third-order valence-electron chi connectivity index (χ3n) is 4.01. The van der Waals surface area contributed by atoms with E-state index in [2.05, 4.69) is 22.2 Å². The molecule has 0 amide bonds. The summed E-state index contributed by atoms with van der Waals surface area (Å²) in [4.78, 5) is 7.52. The second kappa shape index (κ2) is 4.59. The number of halogens is 1. The Bertz CT molecular complexity index is 549. The van der Waals surface area contributed by atoms with Gasteiger partial charge >= 0.3 is 0 Å². The van der Waals surface area contributed by atoms with E-state index in [1.165, 1.54) is 31.4 Å². The zero-order valence-electron chi connectivity index (χ0n) is 10.5. The van der Waals surface area contributed by atoms with Crippen LogP contribution in [-0.4, -0.2) is 16.5 Å². The number of hydrogen-bond donors (Lipinski definition) is 2. The average Bonchev–Trinajstić information content (AvgIpc) is 2.92. The molecular formula is C14H18FN3. The topological polar surface area (TPSA) is 40.7 Å². The molecule has 0 radical (unpaired) electrons. The van der Waals surface area contributed by atoms with Crippen LogP contribution in [0.15, 0.2) is 18.2 Å². The van der Waals surface area contributed by atoms with E-state index < -0.39 is 0 Å². The van der Waals surface area contributed by atoms with E-state index in [1.54, 1.807) is 6.07 Å². The van der Waals surface area contributed by atoms with Gasteiger partial charge in [-0.25, -0.2) is 9.37 Å². The number of imidazole rings is 1. The molecule has 2 atom stereocenters. The molecule has 1 heterocycles. The smallest absolute Gasteiger partial charge is 0.201 e. The molecular weight excluding hydrogens is 229 g/mol. The maximum Gasteiger partial charge on any atom is 0.201 e. The minimum atomic E-state index is -0.234.